The second kappa shape index (κ2) is 6.06. The SMILES string of the molecule is CN(C)c1ccc(/C=C/c2ccnc3sc4ccccc4[n+]23)cc1. The third-order valence-electron chi connectivity index (χ3n) is 4.04. The number of benzene rings is 2. The van der Waals surface area contributed by atoms with E-state index in [1.54, 1.807) is 11.3 Å². The summed E-state index contributed by atoms with van der Waals surface area (Å²) in [5, 5.41) is 0. The Kier molecular flexibility index (Phi) is 3.75. The van der Waals surface area contributed by atoms with E-state index in [9.17, 15) is 0 Å². The van der Waals surface area contributed by atoms with Gasteiger partial charge >= 0.3 is 4.96 Å². The first kappa shape index (κ1) is 14.8. The highest BCUT2D eigenvalue weighted by molar-refractivity contribution is 7.22. The Bertz CT molecular complexity index is 1030. The van der Waals surface area contributed by atoms with Crippen molar-refractivity contribution in [1.82, 2.24) is 4.98 Å². The molecule has 4 aromatic rings. The number of para-hydroxylation sites is 1. The molecular weight excluding hydrogens is 314 g/mol. The molecule has 0 saturated carbocycles. The molecule has 0 bridgehead atoms. The molecule has 0 fully saturated rings. The maximum atomic E-state index is 4.51. The van der Waals surface area contributed by atoms with Gasteiger partial charge in [-0.3, -0.25) is 0 Å². The van der Waals surface area contributed by atoms with Gasteiger partial charge in [0.2, 0.25) is 0 Å². The maximum absolute atomic E-state index is 4.51. The van der Waals surface area contributed by atoms with Gasteiger partial charge in [0.1, 0.15) is 11.9 Å². The Morgan fingerprint density at radius 2 is 1.75 bits per heavy atom. The van der Waals surface area contributed by atoms with Crippen molar-refractivity contribution in [2.75, 3.05) is 19.0 Å². The first-order valence-corrected chi connectivity index (χ1v) is 8.68. The number of rotatable bonds is 3. The standard InChI is InChI=1S/C20H18N3S/c1-22(2)16-10-7-15(8-11-16)9-12-17-13-14-21-20-23(17)18-5-3-4-6-19(18)24-20/h3-14H,1-2H3/q+1. The molecule has 2 aromatic carbocycles. The molecule has 4 heteroatoms. The van der Waals surface area contributed by atoms with Gasteiger partial charge in [0, 0.05) is 25.8 Å². The quantitative estimate of drug-likeness (QED) is 0.522. The van der Waals surface area contributed by atoms with Gasteiger partial charge in [0.15, 0.2) is 5.52 Å². The van der Waals surface area contributed by atoms with Crippen LogP contribution in [-0.2, 0) is 0 Å². The number of thiazole rings is 1. The molecule has 0 atom stereocenters. The van der Waals surface area contributed by atoms with Crippen molar-refractivity contribution in [2.45, 2.75) is 0 Å². The molecule has 0 aliphatic rings. The van der Waals surface area contributed by atoms with Crippen LogP contribution in [0.2, 0.25) is 0 Å². The minimum atomic E-state index is 1.02. The first-order chi connectivity index (χ1) is 11.7. The number of nitrogens with zero attached hydrogens (tertiary/aromatic N) is 3. The van der Waals surface area contributed by atoms with Crippen LogP contribution in [0.5, 0.6) is 0 Å². The van der Waals surface area contributed by atoms with Gasteiger partial charge in [-0.15, -0.1) is 0 Å². The molecule has 0 amide bonds. The zero-order valence-corrected chi connectivity index (χ0v) is 14.5. The summed E-state index contributed by atoms with van der Waals surface area (Å²) in [6, 6.07) is 19.0. The highest BCUT2D eigenvalue weighted by Crippen LogP contribution is 2.21. The van der Waals surface area contributed by atoms with Crippen molar-refractivity contribution < 1.29 is 4.40 Å². The Hall–Kier alpha value is -2.72. The van der Waals surface area contributed by atoms with Crippen molar-refractivity contribution in [2.24, 2.45) is 0 Å². The molecule has 2 aromatic heterocycles. The number of hydrogen-bond donors (Lipinski definition) is 0. The molecule has 0 spiro atoms. The van der Waals surface area contributed by atoms with E-state index in [2.05, 4.69) is 95.1 Å². The monoisotopic (exact) mass is 332 g/mol. The molecule has 0 aliphatic carbocycles. The number of anilines is 1. The number of aromatic nitrogens is 2. The van der Waals surface area contributed by atoms with E-state index in [0.717, 1.165) is 10.7 Å². The minimum Gasteiger partial charge on any atom is -0.378 e. The average Bonchev–Trinajstić information content (AvgIpc) is 2.99. The lowest BCUT2D eigenvalue weighted by Gasteiger charge is -2.11. The lowest BCUT2D eigenvalue weighted by atomic mass is 10.1. The van der Waals surface area contributed by atoms with E-state index in [-0.39, 0.29) is 0 Å². The Balaban J connectivity index is 1.76. The fourth-order valence-corrected chi connectivity index (χ4v) is 3.77. The molecule has 0 radical (unpaired) electrons. The zero-order chi connectivity index (χ0) is 16.5. The Morgan fingerprint density at radius 3 is 2.54 bits per heavy atom. The van der Waals surface area contributed by atoms with Crippen LogP contribution >= 0.6 is 11.3 Å². The van der Waals surface area contributed by atoms with Crippen molar-refractivity contribution in [1.29, 1.82) is 0 Å². The van der Waals surface area contributed by atoms with Gasteiger partial charge in [0.25, 0.3) is 0 Å². The molecule has 0 N–H and O–H groups in total. The molecule has 118 valence electrons. The summed E-state index contributed by atoms with van der Waals surface area (Å²) < 4.78 is 3.46. The van der Waals surface area contributed by atoms with Gasteiger partial charge in [-0.2, -0.15) is 4.40 Å². The van der Waals surface area contributed by atoms with Crippen molar-refractivity contribution in [3.63, 3.8) is 0 Å². The van der Waals surface area contributed by atoms with Crippen molar-refractivity contribution in [3.05, 3.63) is 72.1 Å². The van der Waals surface area contributed by atoms with Gasteiger partial charge in [0.05, 0.1) is 4.70 Å². The highest BCUT2D eigenvalue weighted by atomic mass is 32.1. The molecule has 4 rings (SSSR count). The second-order valence-corrected chi connectivity index (χ2v) is 6.89. The number of fused-ring (bicyclic) bond motifs is 3. The summed E-state index contributed by atoms with van der Waals surface area (Å²) in [7, 11) is 4.10. The third-order valence-corrected chi connectivity index (χ3v) is 5.08. The van der Waals surface area contributed by atoms with E-state index in [1.165, 1.54) is 21.5 Å². The van der Waals surface area contributed by atoms with Crippen LogP contribution in [0, 0.1) is 0 Å². The molecule has 2 heterocycles. The smallest absolute Gasteiger partial charge is 0.378 e. The minimum absolute atomic E-state index is 1.02. The van der Waals surface area contributed by atoms with E-state index < -0.39 is 0 Å². The van der Waals surface area contributed by atoms with E-state index in [4.69, 9.17) is 0 Å². The lowest BCUT2D eigenvalue weighted by molar-refractivity contribution is -0.482. The topological polar surface area (TPSA) is 20.2 Å². The van der Waals surface area contributed by atoms with Crippen molar-refractivity contribution >= 4 is 44.4 Å². The van der Waals surface area contributed by atoms with E-state index in [0.29, 0.717) is 0 Å². The number of hydrogen-bond acceptors (Lipinski definition) is 3. The summed E-state index contributed by atoms with van der Waals surface area (Å²) in [4.78, 5) is 7.63. The van der Waals surface area contributed by atoms with Gasteiger partial charge in [-0.05, 0) is 52.2 Å². The summed E-state index contributed by atoms with van der Waals surface area (Å²) in [6.07, 6.45) is 6.17. The molecule has 3 nitrogen and oxygen atoms in total. The molecular formula is C20H18N3S+. The highest BCUT2D eigenvalue weighted by Gasteiger charge is 2.14. The van der Waals surface area contributed by atoms with Gasteiger partial charge < -0.3 is 4.90 Å². The Labute approximate surface area is 145 Å². The van der Waals surface area contributed by atoms with Gasteiger partial charge in [-0.25, -0.2) is 0 Å². The normalized spacial score (nSPS) is 11.6. The van der Waals surface area contributed by atoms with E-state index >= 15 is 0 Å². The summed E-state index contributed by atoms with van der Waals surface area (Å²) in [5.74, 6) is 0. The molecule has 0 unspecified atom stereocenters. The van der Waals surface area contributed by atoms with Crippen LogP contribution in [0.4, 0.5) is 5.69 Å². The fourth-order valence-electron chi connectivity index (χ4n) is 2.76. The molecule has 24 heavy (non-hydrogen) atoms. The average molecular weight is 332 g/mol. The first-order valence-electron chi connectivity index (χ1n) is 7.86. The summed E-state index contributed by atoms with van der Waals surface area (Å²) >= 11 is 1.72. The third kappa shape index (κ3) is 2.65. The van der Waals surface area contributed by atoms with Crippen LogP contribution in [0.25, 0.3) is 27.3 Å². The van der Waals surface area contributed by atoms with Crippen LogP contribution in [0.1, 0.15) is 11.3 Å². The molecule has 0 saturated heterocycles. The van der Waals surface area contributed by atoms with Gasteiger partial charge in [-0.1, -0.05) is 30.3 Å². The van der Waals surface area contributed by atoms with Crippen LogP contribution < -0.4 is 9.30 Å². The van der Waals surface area contributed by atoms with E-state index in [1.807, 2.05) is 6.20 Å². The fraction of sp³-hybridized carbons (Fsp3) is 0.100. The largest absolute Gasteiger partial charge is 0.388 e. The lowest BCUT2D eigenvalue weighted by Crippen LogP contribution is -2.24. The summed E-state index contributed by atoms with van der Waals surface area (Å²) in [6.45, 7) is 0. The second-order valence-electron chi connectivity index (χ2n) is 5.88. The predicted molar refractivity (Wildman–Crippen MR) is 102 cm³/mol. The summed E-state index contributed by atoms with van der Waals surface area (Å²) in [5.41, 5.74) is 4.73. The predicted octanol–water partition coefficient (Wildman–Crippen LogP) is 4.27. The van der Waals surface area contributed by atoms with Crippen molar-refractivity contribution in [3.8, 4) is 0 Å². The van der Waals surface area contributed by atoms with Crippen LogP contribution in [-0.4, -0.2) is 19.1 Å². The maximum Gasteiger partial charge on any atom is 0.388 e. The molecule has 0 aliphatic heterocycles. The van der Waals surface area contributed by atoms with Crippen LogP contribution in [0.15, 0.2) is 60.8 Å². The van der Waals surface area contributed by atoms with Crippen LogP contribution in [0.3, 0.4) is 0 Å². The Morgan fingerprint density at radius 1 is 0.958 bits per heavy atom. The zero-order valence-electron chi connectivity index (χ0n) is 13.7.